The summed E-state index contributed by atoms with van der Waals surface area (Å²) in [6.45, 7) is 2.58. The number of imide groups is 1. The van der Waals surface area contributed by atoms with E-state index in [2.05, 4.69) is 15.5 Å². The molecule has 2 fully saturated rings. The smallest absolute Gasteiger partial charge is 0.322 e. The zero-order chi connectivity index (χ0) is 17.1. The molecular formula is C16H20N4O4. The Bertz CT molecular complexity index is 655. The number of nitrogens with zero attached hydrogens (tertiary/aromatic N) is 2. The first kappa shape index (κ1) is 16.1. The van der Waals surface area contributed by atoms with Gasteiger partial charge in [-0.2, -0.15) is 0 Å². The average molecular weight is 332 g/mol. The van der Waals surface area contributed by atoms with Crippen molar-refractivity contribution in [1.82, 2.24) is 15.5 Å². The molecule has 0 bridgehead atoms. The lowest BCUT2D eigenvalue weighted by Gasteiger charge is -2.36. The lowest BCUT2D eigenvalue weighted by atomic mass is 10.1. The number of amides is 4. The number of carbonyl (C=O) groups excluding carboxylic acids is 3. The Morgan fingerprint density at radius 1 is 1.25 bits per heavy atom. The highest BCUT2D eigenvalue weighted by atomic mass is 16.5. The van der Waals surface area contributed by atoms with Crippen LogP contribution in [-0.2, 0) is 9.59 Å². The molecule has 24 heavy (non-hydrogen) atoms. The molecule has 0 radical (unpaired) electrons. The second-order valence-corrected chi connectivity index (χ2v) is 5.79. The van der Waals surface area contributed by atoms with Gasteiger partial charge in [0.15, 0.2) is 0 Å². The van der Waals surface area contributed by atoms with Gasteiger partial charge in [0.2, 0.25) is 5.91 Å². The second kappa shape index (κ2) is 6.77. The van der Waals surface area contributed by atoms with Crippen LogP contribution >= 0.6 is 0 Å². The second-order valence-electron chi connectivity index (χ2n) is 5.79. The van der Waals surface area contributed by atoms with E-state index >= 15 is 0 Å². The third-order valence-electron chi connectivity index (χ3n) is 4.29. The van der Waals surface area contributed by atoms with Gasteiger partial charge in [-0.25, -0.2) is 4.79 Å². The molecule has 0 unspecified atom stereocenters. The van der Waals surface area contributed by atoms with Crippen molar-refractivity contribution in [3.63, 3.8) is 0 Å². The van der Waals surface area contributed by atoms with Crippen molar-refractivity contribution >= 4 is 23.5 Å². The van der Waals surface area contributed by atoms with Gasteiger partial charge in [-0.15, -0.1) is 0 Å². The van der Waals surface area contributed by atoms with Crippen molar-refractivity contribution in [2.24, 2.45) is 0 Å². The van der Waals surface area contributed by atoms with E-state index in [0.29, 0.717) is 26.2 Å². The molecular weight excluding hydrogens is 312 g/mol. The molecule has 128 valence electrons. The molecule has 2 aliphatic heterocycles. The molecule has 3 rings (SSSR count). The van der Waals surface area contributed by atoms with Gasteiger partial charge < -0.3 is 19.9 Å². The molecule has 1 aromatic carbocycles. The number of piperazine rings is 1. The highest BCUT2D eigenvalue weighted by molar-refractivity contribution is 6.05. The van der Waals surface area contributed by atoms with Crippen LogP contribution in [0, 0.1) is 0 Å². The Kier molecular flexibility index (Phi) is 4.54. The maximum Gasteiger partial charge on any atom is 0.322 e. The predicted molar refractivity (Wildman–Crippen MR) is 86.9 cm³/mol. The molecule has 4 amide bonds. The first-order valence-corrected chi connectivity index (χ1v) is 7.85. The van der Waals surface area contributed by atoms with Gasteiger partial charge in [-0.3, -0.25) is 14.9 Å². The summed E-state index contributed by atoms with van der Waals surface area (Å²) in [5, 5.41) is 4.58. The van der Waals surface area contributed by atoms with Gasteiger partial charge in [-0.1, -0.05) is 6.07 Å². The molecule has 0 aliphatic carbocycles. The summed E-state index contributed by atoms with van der Waals surface area (Å²) in [6, 6.07) is 6.51. The first-order valence-electron chi connectivity index (χ1n) is 7.85. The normalized spacial score (nSPS) is 20.6. The maximum absolute atomic E-state index is 12.3. The summed E-state index contributed by atoms with van der Waals surface area (Å²) in [4.78, 5) is 38.8. The van der Waals surface area contributed by atoms with E-state index in [4.69, 9.17) is 4.74 Å². The Labute approximate surface area is 139 Å². The number of carbonyl (C=O) groups is 3. The number of methoxy groups -OCH3 is 1. The minimum atomic E-state index is -0.763. The molecule has 2 aliphatic rings. The highest BCUT2D eigenvalue weighted by Crippen LogP contribution is 2.22. The van der Waals surface area contributed by atoms with Crippen LogP contribution in [0.3, 0.4) is 0 Å². The SMILES string of the molecule is COc1cccc(N2CCN(C(=O)C[C@H]3NC(=O)NC3=O)CC2)c1. The number of anilines is 1. The van der Waals surface area contributed by atoms with E-state index < -0.39 is 18.0 Å². The number of rotatable bonds is 4. The van der Waals surface area contributed by atoms with Gasteiger partial charge in [0, 0.05) is 37.9 Å². The number of urea groups is 1. The van der Waals surface area contributed by atoms with E-state index in [1.807, 2.05) is 24.3 Å². The summed E-state index contributed by atoms with van der Waals surface area (Å²) in [7, 11) is 1.63. The highest BCUT2D eigenvalue weighted by Gasteiger charge is 2.33. The molecule has 2 heterocycles. The Morgan fingerprint density at radius 2 is 2.00 bits per heavy atom. The fourth-order valence-corrected chi connectivity index (χ4v) is 2.93. The van der Waals surface area contributed by atoms with Crippen molar-refractivity contribution in [3.05, 3.63) is 24.3 Å². The minimum absolute atomic E-state index is 0.00324. The van der Waals surface area contributed by atoms with E-state index in [-0.39, 0.29) is 12.3 Å². The third kappa shape index (κ3) is 3.42. The van der Waals surface area contributed by atoms with Crippen LogP contribution in [0.25, 0.3) is 0 Å². The predicted octanol–water partition coefficient (Wildman–Crippen LogP) is -0.0581. The molecule has 2 saturated heterocycles. The van der Waals surface area contributed by atoms with Crippen molar-refractivity contribution in [3.8, 4) is 5.75 Å². The number of hydrogen-bond acceptors (Lipinski definition) is 5. The van der Waals surface area contributed by atoms with Gasteiger partial charge in [0.05, 0.1) is 13.5 Å². The van der Waals surface area contributed by atoms with E-state index in [9.17, 15) is 14.4 Å². The molecule has 8 heteroatoms. The zero-order valence-electron chi connectivity index (χ0n) is 13.4. The summed E-state index contributed by atoms with van der Waals surface area (Å²) < 4.78 is 5.23. The first-order chi connectivity index (χ1) is 11.6. The lowest BCUT2D eigenvalue weighted by Crippen LogP contribution is -2.50. The fraction of sp³-hybridized carbons (Fsp3) is 0.438. The number of nitrogens with one attached hydrogen (secondary N) is 2. The summed E-state index contributed by atoms with van der Waals surface area (Å²) in [5.74, 6) is 0.236. The summed E-state index contributed by atoms with van der Waals surface area (Å²) >= 11 is 0. The van der Waals surface area contributed by atoms with E-state index in [0.717, 1.165) is 11.4 Å². The van der Waals surface area contributed by atoms with Crippen LogP contribution < -0.4 is 20.3 Å². The zero-order valence-corrected chi connectivity index (χ0v) is 13.4. The molecule has 1 atom stereocenters. The van der Waals surface area contributed by atoms with Gasteiger partial charge >= 0.3 is 6.03 Å². The monoisotopic (exact) mass is 332 g/mol. The van der Waals surface area contributed by atoms with Gasteiger partial charge in [0.25, 0.3) is 5.91 Å². The maximum atomic E-state index is 12.3. The molecule has 0 spiro atoms. The largest absolute Gasteiger partial charge is 0.497 e. The topological polar surface area (TPSA) is 91.0 Å². The Morgan fingerprint density at radius 3 is 2.62 bits per heavy atom. The van der Waals surface area contributed by atoms with Crippen LogP contribution in [-0.4, -0.2) is 62.1 Å². The molecule has 0 aromatic heterocycles. The van der Waals surface area contributed by atoms with Crippen LogP contribution in [0.5, 0.6) is 5.75 Å². The van der Waals surface area contributed by atoms with Crippen molar-refractivity contribution in [2.45, 2.75) is 12.5 Å². The lowest BCUT2D eigenvalue weighted by molar-refractivity contribution is -0.134. The van der Waals surface area contributed by atoms with Crippen LogP contribution in [0.4, 0.5) is 10.5 Å². The number of hydrogen-bond donors (Lipinski definition) is 2. The fourth-order valence-electron chi connectivity index (χ4n) is 2.93. The molecule has 2 N–H and O–H groups in total. The summed E-state index contributed by atoms with van der Waals surface area (Å²) in [6.07, 6.45) is -0.00324. The molecule has 1 aromatic rings. The van der Waals surface area contributed by atoms with Crippen molar-refractivity contribution in [2.75, 3.05) is 38.2 Å². The Balaban J connectivity index is 1.53. The van der Waals surface area contributed by atoms with E-state index in [1.54, 1.807) is 12.0 Å². The van der Waals surface area contributed by atoms with Crippen molar-refractivity contribution in [1.29, 1.82) is 0 Å². The van der Waals surface area contributed by atoms with Crippen LogP contribution in [0.2, 0.25) is 0 Å². The Hall–Kier alpha value is -2.77. The summed E-state index contributed by atoms with van der Waals surface area (Å²) in [5.41, 5.74) is 1.06. The van der Waals surface area contributed by atoms with E-state index in [1.165, 1.54) is 0 Å². The number of ether oxygens (including phenoxy) is 1. The number of benzene rings is 1. The minimum Gasteiger partial charge on any atom is -0.497 e. The van der Waals surface area contributed by atoms with Gasteiger partial charge in [-0.05, 0) is 12.1 Å². The molecule has 0 saturated carbocycles. The standard InChI is InChI=1S/C16H20N4O4/c1-24-12-4-2-3-11(9-12)19-5-7-20(8-6-19)14(21)10-13-15(22)18-16(23)17-13/h2-4,9,13H,5-8,10H2,1H3,(H2,17,18,22,23)/t13-/m1/s1. The quantitative estimate of drug-likeness (QED) is 0.754. The molecule has 8 nitrogen and oxygen atoms in total. The van der Waals surface area contributed by atoms with Crippen LogP contribution in [0.1, 0.15) is 6.42 Å². The van der Waals surface area contributed by atoms with Crippen LogP contribution in [0.15, 0.2) is 24.3 Å². The van der Waals surface area contributed by atoms with Gasteiger partial charge in [0.1, 0.15) is 11.8 Å². The van der Waals surface area contributed by atoms with Crippen molar-refractivity contribution < 1.29 is 19.1 Å². The third-order valence-corrected chi connectivity index (χ3v) is 4.29. The average Bonchev–Trinajstić information content (AvgIpc) is 2.92.